The highest BCUT2D eigenvalue weighted by molar-refractivity contribution is 5.64. The van der Waals surface area contributed by atoms with E-state index in [0.717, 1.165) is 23.7 Å². The van der Waals surface area contributed by atoms with E-state index < -0.39 is 0 Å². The molecule has 0 fully saturated rings. The Morgan fingerprint density at radius 3 is 2.67 bits per heavy atom. The van der Waals surface area contributed by atoms with Crippen molar-refractivity contribution >= 4 is 5.69 Å². The van der Waals surface area contributed by atoms with Crippen LogP contribution in [0.5, 0.6) is 5.75 Å². The summed E-state index contributed by atoms with van der Waals surface area (Å²) < 4.78 is 7.36. The minimum Gasteiger partial charge on any atom is -0.494 e. The molecule has 0 bridgehead atoms. The van der Waals surface area contributed by atoms with Gasteiger partial charge in [0.2, 0.25) is 0 Å². The van der Waals surface area contributed by atoms with Crippen molar-refractivity contribution in [1.29, 1.82) is 0 Å². The number of nitrogen functional groups attached to an aromatic ring is 1. The van der Waals surface area contributed by atoms with Crippen molar-refractivity contribution in [2.75, 3.05) is 12.3 Å². The lowest BCUT2D eigenvalue weighted by Crippen LogP contribution is -2.15. The molecule has 1 aromatic carbocycles. The fraction of sp³-hybridized carbons (Fsp3) is 0.533. The van der Waals surface area contributed by atoms with Gasteiger partial charge >= 0.3 is 0 Å². The summed E-state index contributed by atoms with van der Waals surface area (Å²) in [4.78, 5) is 0. The molecule has 1 unspecified atom stereocenters. The topological polar surface area (TPSA) is 78.8 Å². The third-order valence-electron chi connectivity index (χ3n) is 3.63. The second-order valence-electron chi connectivity index (χ2n) is 5.63. The fourth-order valence-corrected chi connectivity index (χ4v) is 2.02. The van der Waals surface area contributed by atoms with Crippen molar-refractivity contribution in [3.63, 3.8) is 0 Å². The van der Waals surface area contributed by atoms with Crippen LogP contribution in [-0.4, -0.2) is 26.8 Å². The summed E-state index contributed by atoms with van der Waals surface area (Å²) in [5, 5.41) is 12.0. The average molecular weight is 289 g/mol. The molecule has 1 atom stereocenters. The molecular formula is C15H23N5O. The van der Waals surface area contributed by atoms with Crippen molar-refractivity contribution in [2.24, 2.45) is 11.8 Å². The third-order valence-corrected chi connectivity index (χ3v) is 3.63. The highest BCUT2D eigenvalue weighted by atomic mass is 16.5. The lowest BCUT2D eigenvalue weighted by atomic mass is 9.98. The van der Waals surface area contributed by atoms with Crippen LogP contribution in [0, 0.1) is 11.8 Å². The van der Waals surface area contributed by atoms with Crippen LogP contribution in [0.25, 0.3) is 11.4 Å². The van der Waals surface area contributed by atoms with E-state index >= 15 is 0 Å². The molecule has 114 valence electrons. The monoisotopic (exact) mass is 289 g/mol. The van der Waals surface area contributed by atoms with Crippen molar-refractivity contribution in [2.45, 2.75) is 34.2 Å². The maximum Gasteiger partial charge on any atom is 0.182 e. The lowest BCUT2D eigenvalue weighted by Gasteiger charge is -2.16. The smallest absolute Gasteiger partial charge is 0.182 e. The van der Waals surface area contributed by atoms with E-state index in [4.69, 9.17) is 10.5 Å². The Balaban J connectivity index is 2.32. The Morgan fingerprint density at radius 2 is 2.00 bits per heavy atom. The second kappa shape index (κ2) is 6.56. The Labute approximate surface area is 125 Å². The summed E-state index contributed by atoms with van der Waals surface area (Å²) in [6, 6.07) is 5.59. The molecule has 1 aromatic heterocycles. The van der Waals surface area contributed by atoms with E-state index in [1.807, 2.05) is 23.7 Å². The van der Waals surface area contributed by atoms with Gasteiger partial charge in [0, 0.05) is 23.9 Å². The maximum atomic E-state index is 5.94. The molecule has 21 heavy (non-hydrogen) atoms. The molecule has 0 aliphatic heterocycles. The number of hydrogen-bond acceptors (Lipinski definition) is 5. The number of aromatic nitrogens is 4. The Hall–Kier alpha value is -2.11. The molecule has 0 radical (unpaired) electrons. The van der Waals surface area contributed by atoms with E-state index in [0.29, 0.717) is 24.1 Å². The van der Waals surface area contributed by atoms with Gasteiger partial charge in [-0.25, -0.2) is 4.68 Å². The van der Waals surface area contributed by atoms with Gasteiger partial charge in [-0.15, -0.1) is 5.10 Å². The first-order valence-electron chi connectivity index (χ1n) is 7.31. The number of nitrogens with two attached hydrogens (primary N) is 1. The van der Waals surface area contributed by atoms with E-state index in [9.17, 15) is 0 Å². The number of anilines is 1. The summed E-state index contributed by atoms with van der Waals surface area (Å²) in [6.07, 6.45) is 0. The molecule has 0 saturated carbocycles. The quantitative estimate of drug-likeness (QED) is 0.827. The predicted molar refractivity (Wildman–Crippen MR) is 82.8 cm³/mol. The van der Waals surface area contributed by atoms with Crippen molar-refractivity contribution in [3.05, 3.63) is 18.2 Å². The van der Waals surface area contributed by atoms with Crippen LogP contribution >= 0.6 is 0 Å². The SMILES string of the molecule is CCOc1cc(N)cc(-c2nnnn2CC(C)C(C)C)c1. The lowest BCUT2D eigenvalue weighted by molar-refractivity contribution is 0.340. The molecule has 0 aliphatic carbocycles. The zero-order chi connectivity index (χ0) is 15.4. The standard InChI is InChI=1S/C15H23N5O/c1-5-21-14-7-12(6-13(16)8-14)15-17-18-19-20(15)9-11(4)10(2)3/h6-8,10-11H,5,9,16H2,1-4H3. The number of hydrogen-bond donors (Lipinski definition) is 1. The zero-order valence-electron chi connectivity index (χ0n) is 13.1. The molecule has 2 aromatic rings. The third kappa shape index (κ3) is 3.71. The molecule has 0 saturated heterocycles. The summed E-state index contributed by atoms with van der Waals surface area (Å²) in [5.74, 6) is 2.51. The second-order valence-corrected chi connectivity index (χ2v) is 5.63. The summed E-state index contributed by atoms with van der Waals surface area (Å²) in [7, 11) is 0. The van der Waals surface area contributed by atoms with Gasteiger partial charge in [0.05, 0.1) is 6.61 Å². The van der Waals surface area contributed by atoms with E-state index in [-0.39, 0.29) is 0 Å². The minimum absolute atomic E-state index is 0.486. The first-order chi connectivity index (χ1) is 10.0. The summed E-state index contributed by atoms with van der Waals surface area (Å²) >= 11 is 0. The molecule has 2 N–H and O–H groups in total. The number of rotatable bonds is 6. The number of benzene rings is 1. The van der Waals surface area contributed by atoms with Crippen molar-refractivity contribution in [3.8, 4) is 17.1 Å². The van der Waals surface area contributed by atoms with Crippen molar-refractivity contribution in [1.82, 2.24) is 20.2 Å². The van der Waals surface area contributed by atoms with E-state index in [1.54, 1.807) is 6.07 Å². The minimum atomic E-state index is 0.486. The molecule has 6 nitrogen and oxygen atoms in total. The maximum absolute atomic E-state index is 5.94. The Bertz CT molecular complexity index is 593. The van der Waals surface area contributed by atoms with E-state index in [1.165, 1.54) is 0 Å². The molecule has 0 aliphatic rings. The van der Waals surface area contributed by atoms with Crippen LogP contribution in [0.3, 0.4) is 0 Å². The first kappa shape index (κ1) is 15.3. The van der Waals surface area contributed by atoms with Gasteiger partial charge in [-0.3, -0.25) is 0 Å². The van der Waals surface area contributed by atoms with Crippen LogP contribution < -0.4 is 10.5 Å². The Morgan fingerprint density at radius 1 is 1.24 bits per heavy atom. The van der Waals surface area contributed by atoms with E-state index in [2.05, 4.69) is 36.3 Å². The zero-order valence-corrected chi connectivity index (χ0v) is 13.1. The van der Waals surface area contributed by atoms with Crippen molar-refractivity contribution < 1.29 is 4.74 Å². The van der Waals surface area contributed by atoms with Crippen LogP contribution in [0.15, 0.2) is 18.2 Å². The predicted octanol–water partition coefficient (Wildman–Crippen LogP) is 2.61. The average Bonchev–Trinajstić information content (AvgIpc) is 2.86. The number of ether oxygens (including phenoxy) is 1. The molecule has 0 spiro atoms. The summed E-state index contributed by atoms with van der Waals surface area (Å²) in [5.41, 5.74) is 7.45. The van der Waals surface area contributed by atoms with Gasteiger partial charge in [-0.05, 0) is 41.3 Å². The largest absolute Gasteiger partial charge is 0.494 e. The number of tetrazole rings is 1. The molecule has 2 rings (SSSR count). The van der Waals surface area contributed by atoms with Gasteiger partial charge in [0.15, 0.2) is 5.82 Å². The fourth-order valence-electron chi connectivity index (χ4n) is 2.02. The highest BCUT2D eigenvalue weighted by Crippen LogP contribution is 2.26. The normalized spacial score (nSPS) is 12.6. The van der Waals surface area contributed by atoms with Gasteiger partial charge < -0.3 is 10.5 Å². The van der Waals surface area contributed by atoms with Gasteiger partial charge in [-0.2, -0.15) is 0 Å². The number of nitrogens with zero attached hydrogens (tertiary/aromatic N) is 4. The van der Waals surface area contributed by atoms with Crippen LogP contribution in [-0.2, 0) is 6.54 Å². The first-order valence-corrected chi connectivity index (χ1v) is 7.31. The van der Waals surface area contributed by atoms with Crippen LogP contribution in [0.2, 0.25) is 0 Å². The molecule has 1 heterocycles. The molecular weight excluding hydrogens is 266 g/mol. The molecule has 0 amide bonds. The highest BCUT2D eigenvalue weighted by Gasteiger charge is 2.15. The van der Waals surface area contributed by atoms with Gasteiger partial charge in [0.25, 0.3) is 0 Å². The van der Waals surface area contributed by atoms with Crippen LogP contribution in [0.4, 0.5) is 5.69 Å². The van der Waals surface area contributed by atoms with Crippen LogP contribution in [0.1, 0.15) is 27.7 Å². The van der Waals surface area contributed by atoms with Gasteiger partial charge in [-0.1, -0.05) is 20.8 Å². The summed E-state index contributed by atoms with van der Waals surface area (Å²) in [6.45, 7) is 9.90. The van der Waals surface area contributed by atoms with Gasteiger partial charge in [0.1, 0.15) is 5.75 Å². The Kier molecular flexibility index (Phi) is 4.77. The molecule has 6 heteroatoms.